The van der Waals surface area contributed by atoms with Crippen LogP contribution in [0.4, 0.5) is 0 Å². The Bertz CT molecular complexity index is 191. The van der Waals surface area contributed by atoms with Crippen molar-refractivity contribution in [3.05, 3.63) is 0 Å². The fraction of sp³-hybridized carbons (Fsp3) is 0.875. The smallest absolute Gasteiger partial charge is 0.225 e. The summed E-state index contributed by atoms with van der Waals surface area (Å²) in [4.78, 5) is 12.8. The molecule has 1 atom stereocenters. The van der Waals surface area contributed by atoms with Crippen molar-refractivity contribution in [2.45, 2.75) is 31.9 Å². The van der Waals surface area contributed by atoms with E-state index in [2.05, 4.69) is 0 Å². The van der Waals surface area contributed by atoms with E-state index in [0.717, 1.165) is 0 Å². The highest BCUT2D eigenvalue weighted by Crippen LogP contribution is 2.21. The van der Waals surface area contributed by atoms with E-state index in [-0.39, 0.29) is 18.9 Å². The van der Waals surface area contributed by atoms with Gasteiger partial charge in [0.15, 0.2) is 0 Å². The van der Waals surface area contributed by atoms with Gasteiger partial charge in [0.2, 0.25) is 5.91 Å². The zero-order chi connectivity index (χ0) is 9.35. The highest BCUT2D eigenvalue weighted by atomic mass is 16.3. The summed E-state index contributed by atoms with van der Waals surface area (Å²) >= 11 is 0. The predicted molar refractivity (Wildman–Crippen MR) is 43.5 cm³/mol. The van der Waals surface area contributed by atoms with Crippen LogP contribution in [0.1, 0.15) is 20.3 Å². The van der Waals surface area contributed by atoms with Crippen LogP contribution in [0.15, 0.2) is 0 Å². The monoisotopic (exact) mass is 173 g/mol. The largest absolute Gasteiger partial charge is 0.394 e. The van der Waals surface area contributed by atoms with Crippen LogP contribution in [0.25, 0.3) is 0 Å². The van der Waals surface area contributed by atoms with Crippen LogP contribution >= 0.6 is 0 Å². The second kappa shape index (κ2) is 3.03. The van der Waals surface area contributed by atoms with Gasteiger partial charge >= 0.3 is 0 Å². The fourth-order valence-corrected chi connectivity index (χ4v) is 1.36. The second-order valence-electron chi connectivity index (χ2n) is 3.83. The Morgan fingerprint density at radius 2 is 2.25 bits per heavy atom. The van der Waals surface area contributed by atoms with Gasteiger partial charge in [-0.3, -0.25) is 4.79 Å². The molecule has 0 aromatic rings. The number of aliphatic hydroxyl groups is 2. The van der Waals surface area contributed by atoms with Gasteiger partial charge in [0.25, 0.3) is 0 Å². The maximum absolute atomic E-state index is 11.2. The zero-order valence-electron chi connectivity index (χ0n) is 7.45. The molecule has 12 heavy (non-hydrogen) atoms. The summed E-state index contributed by atoms with van der Waals surface area (Å²) in [5.41, 5.74) is -0.547. The first-order valence-corrected chi connectivity index (χ1v) is 4.07. The van der Waals surface area contributed by atoms with Crippen LogP contribution < -0.4 is 0 Å². The Balaban J connectivity index is 2.70. The average Bonchev–Trinajstić information content (AvgIpc) is 2.31. The van der Waals surface area contributed by atoms with Gasteiger partial charge in [0.05, 0.1) is 24.7 Å². The van der Waals surface area contributed by atoms with Crippen molar-refractivity contribution in [2.75, 3.05) is 13.2 Å². The zero-order valence-corrected chi connectivity index (χ0v) is 7.45. The van der Waals surface area contributed by atoms with Crippen molar-refractivity contribution >= 4 is 5.91 Å². The quantitative estimate of drug-likeness (QED) is 0.583. The molecule has 0 aliphatic carbocycles. The van der Waals surface area contributed by atoms with Crippen LogP contribution in [0.5, 0.6) is 0 Å². The third kappa shape index (κ3) is 1.59. The number of aliphatic hydroxyl groups excluding tert-OH is 2. The van der Waals surface area contributed by atoms with E-state index in [4.69, 9.17) is 5.11 Å². The molecule has 0 radical (unpaired) electrons. The first-order valence-electron chi connectivity index (χ1n) is 4.07. The van der Waals surface area contributed by atoms with Gasteiger partial charge in [-0.25, -0.2) is 0 Å². The summed E-state index contributed by atoms with van der Waals surface area (Å²) in [7, 11) is 0. The second-order valence-corrected chi connectivity index (χ2v) is 3.83. The molecular formula is C8H15NO3. The van der Waals surface area contributed by atoms with Gasteiger partial charge in [-0.1, -0.05) is 0 Å². The van der Waals surface area contributed by atoms with Crippen LogP contribution in [-0.4, -0.2) is 45.8 Å². The molecule has 1 aliphatic rings. The van der Waals surface area contributed by atoms with Gasteiger partial charge in [0, 0.05) is 6.54 Å². The summed E-state index contributed by atoms with van der Waals surface area (Å²) < 4.78 is 0. The van der Waals surface area contributed by atoms with Gasteiger partial charge in [-0.05, 0) is 13.8 Å². The van der Waals surface area contributed by atoms with Gasteiger partial charge < -0.3 is 15.1 Å². The van der Waals surface area contributed by atoms with E-state index in [1.807, 2.05) is 0 Å². The molecule has 0 aromatic heterocycles. The number of β-amino-alcohol motifs (C(OH)–C–C–N with tert-alkyl or cyclic N) is 1. The van der Waals surface area contributed by atoms with Crippen molar-refractivity contribution in [1.82, 2.24) is 4.90 Å². The SMILES string of the molecule is CC(C)(CO)N1CC(O)CC1=O. The lowest BCUT2D eigenvalue weighted by molar-refractivity contribution is -0.133. The molecule has 1 fully saturated rings. The van der Waals surface area contributed by atoms with E-state index in [1.165, 1.54) is 4.90 Å². The van der Waals surface area contributed by atoms with E-state index in [0.29, 0.717) is 6.54 Å². The number of carbonyl (C=O) groups excluding carboxylic acids is 1. The molecule has 0 aromatic carbocycles. The molecule has 2 N–H and O–H groups in total. The lowest BCUT2D eigenvalue weighted by Gasteiger charge is -2.33. The molecule has 4 nitrogen and oxygen atoms in total. The standard InChI is InChI=1S/C8H15NO3/c1-8(2,5-10)9-4-6(11)3-7(9)12/h6,10-11H,3-5H2,1-2H3. The molecule has 70 valence electrons. The van der Waals surface area contributed by atoms with Gasteiger partial charge in [-0.2, -0.15) is 0 Å². The third-order valence-electron chi connectivity index (χ3n) is 2.22. The van der Waals surface area contributed by atoms with Gasteiger partial charge in [-0.15, -0.1) is 0 Å². The highest BCUT2D eigenvalue weighted by Gasteiger charge is 2.37. The fourth-order valence-electron chi connectivity index (χ4n) is 1.36. The van der Waals surface area contributed by atoms with Crippen molar-refractivity contribution in [1.29, 1.82) is 0 Å². The summed E-state index contributed by atoms with van der Waals surface area (Å²) in [5.74, 6) is -0.0819. The molecule has 1 unspecified atom stereocenters. The molecule has 1 heterocycles. The van der Waals surface area contributed by atoms with E-state index in [1.54, 1.807) is 13.8 Å². The van der Waals surface area contributed by atoms with Gasteiger partial charge in [0.1, 0.15) is 0 Å². The third-order valence-corrected chi connectivity index (χ3v) is 2.22. The lowest BCUT2D eigenvalue weighted by atomic mass is 10.1. The number of carbonyl (C=O) groups is 1. The summed E-state index contributed by atoms with van der Waals surface area (Å²) in [6.45, 7) is 3.82. The van der Waals surface area contributed by atoms with Crippen molar-refractivity contribution < 1.29 is 15.0 Å². The maximum Gasteiger partial charge on any atom is 0.225 e. The van der Waals surface area contributed by atoms with Crippen LogP contribution in [0.3, 0.4) is 0 Å². The topological polar surface area (TPSA) is 60.8 Å². The van der Waals surface area contributed by atoms with Crippen LogP contribution in [0.2, 0.25) is 0 Å². The molecule has 4 heteroatoms. The Kier molecular flexibility index (Phi) is 2.39. The highest BCUT2D eigenvalue weighted by molar-refractivity contribution is 5.79. The molecule has 1 amide bonds. The van der Waals surface area contributed by atoms with E-state index >= 15 is 0 Å². The number of likely N-dealkylation sites (tertiary alicyclic amines) is 1. The number of nitrogens with zero attached hydrogens (tertiary/aromatic N) is 1. The lowest BCUT2D eigenvalue weighted by Crippen LogP contribution is -2.47. The number of amides is 1. The number of hydrogen-bond acceptors (Lipinski definition) is 3. The first-order chi connectivity index (χ1) is 5.47. The molecule has 0 spiro atoms. The summed E-state index contributed by atoms with van der Waals surface area (Å²) in [6, 6.07) is 0. The van der Waals surface area contributed by atoms with Crippen molar-refractivity contribution in [2.24, 2.45) is 0 Å². The molecule has 1 rings (SSSR count). The molecule has 0 saturated carbocycles. The predicted octanol–water partition coefficient (Wildman–Crippen LogP) is -0.650. The summed E-state index contributed by atoms with van der Waals surface area (Å²) in [5, 5.41) is 18.2. The first kappa shape index (κ1) is 9.48. The minimum Gasteiger partial charge on any atom is -0.394 e. The van der Waals surface area contributed by atoms with Crippen molar-refractivity contribution in [3.63, 3.8) is 0 Å². The number of hydrogen-bond donors (Lipinski definition) is 2. The molecule has 0 bridgehead atoms. The molecule has 1 aliphatic heterocycles. The maximum atomic E-state index is 11.2. The normalized spacial score (nSPS) is 25.2. The van der Waals surface area contributed by atoms with Crippen molar-refractivity contribution in [3.8, 4) is 0 Å². The Morgan fingerprint density at radius 1 is 1.67 bits per heavy atom. The number of rotatable bonds is 2. The molecule has 1 saturated heterocycles. The Hall–Kier alpha value is -0.610. The van der Waals surface area contributed by atoms with E-state index < -0.39 is 11.6 Å². The minimum atomic E-state index is -0.566. The summed E-state index contributed by atoms with van der Waals surface area (Å²) in [6.07, 6.45) is -0.382. The van der Waals surface area contributed by atoms with E-state index in [9.17, 15) is 9.90 Å². The Morgan fingerprint density at radius 3 is 2.58 bits per heavy atom. The van der Waals surface area contributed by atoms with Crippen LogP contribution in [-0.2, 0) is 4.79 Å². The molecular weight excluding hydrogens is 158 g/mol. The average molecular weight is 173 g/mol. The minimum absolute atomic E-state index is 0.0779. The van der Waals surface area contributed by atoms with Crippen LogP contribution in [0, 0.1) is 0 Å². The Labute approximate surface area is 71.8 Å².